The van der Waals surface area contributed by atoms with Gasteiger partial charge in [-0.3, -0.25) is 0 Å². The molecule has 2 heteroatoms. The van der Waals surface area contributed by atoms with Crippen molar-refractivity contribution in [2.24, 2.45) is 0 Å². The summed E-state index contributed by atoms with van der Waals surface area (Å²) in [5.41, 5.74) is 2.30. The highest BCUT2D eigenvalue weighted by Crippen LogP contribution is 2.34. The van der Waals surface area contributed by atoms with Crippen molar-refractivity contribution in [3.63, 3.8) is 0 Å². The van der Waals surface area contributed by atoms with Crippen LogP contribution >= 0.6 is 11.3 Å². The van der Waals surface area contributed by atoms with Crippen molar-refractivity contribution in [3.8, 4) is 10.6 Å². The molecule has 0 N–H and O–H groups in total. The first-order valence-corrected chi connectivity index (χ1v) is 7.07. The van der Waals surface area contributed by atoms with Gasteiger partial charge in [0.25, 0.3) is 0 Å². The predicted octanol–water partition coefficient (Wildman–Crippen LogP) is 5.12. The van der Waals surface area contributed by atoms with Crippen LogP contribution in [0, 0.1) is 0 Å². The monoisotopic (exact) mass is 261 g/mol. The molecule has 4 aromatic rings. The first-order chi connectivity index (χ1) is 9.42. The number of hydrogen-bond acceptors (Lipinski definition) is 2. The summed E-state index contributed by atoms with van der Waals surface area (Å²) in [7, 11) is 0. The molecule has 0 fully saturated rings. The average Bonchev–Trinajstić information content (AvgIpc) is 2.90. The maximum absolute atomic E-state index is 4.75. The number of nitrogens with zero attached hydrogens (tertiary/aromatic N) is 1. The Morgan fingerprint density at radius 2 is 1.53 bits per heavy atom. The van der Waals surface area contributed by atoms with Crippen LogP contribution in [0.1, 0.15) is 0 Å². The molecule has 4 rings (SSSR count). The fourth-order valence-corrected chi connectivity index (χ4v) is 3.40. The van der Waals surface area contributed by atoms with Gasteiger partial charge < -0.3 is 0 Å². The van der Waals surface area contributed by atoms with E-state index in [4.69, 9.17) is 4.98 Å². The van der Waals surface area contributed by atoms with Gasteiger partial charge in [-0.2, -0.15) is 0 Å². The van der Waals surface area contributed by atoms with Crippen LogP contribution in [-0.2, 0) is 0 Å². The molecule has 90 valence electrons. The third-order valence-electron chi connectivity index (χ3n) is 3.31. The lowest BCUT2D eigenvalue weighted by molar-refractivity contribution is 1.49. The van der Waals surface area contributed by atoms with E-state index in [1.807, 2.05) is 6.07 Å². The molecule has 3 aromatic carbocycles. The van der Waals surface area contributed by atoms with Gasteiger partial charge in [-0.15, -0.1) is 11.3 Å². The van der Waals surface area contributed by atoms with E-state index in [-0.39, 0.29) is 0 Å². The van der Waals surface area contributed by atoms with Crippen molar-refractivity contribution in [3.05, 3.63) is 66.7 Å². The number of rotatable bonds is 1. The van der Waals surface area contributed by atoms with E-state index in [0.717, 1.165) is 10.5 Å². The first kappa shape index (κ1) is 10.7. The number of para-hydroxylation sites is 1. The van der Waals surface area contributed by atoms with Gasteiger partial charge in [0.05, 0.1) is 10.2 Å². The first-order valence-electron chi connectivity index (χ1n) is 6.25. The van der Waals surface area contributed by atoms with Crippen molar-refractivity contribution < 1.29 is 0 Å². The summed E-state index contributed by atoms with van der Waals surface area (Å²) >= 11 is 1.75. The van der Waals surface area contributed by atoms with Gasteiger partial charge in [-0.05, 0) is 22.9 Å². The minimum atomic E-state index is 1.08. The summed E-state index contributed by atoms with van der Waals surface area (Å²) in [5, 5.41) is 3.63. The van der Waals surface area contributed by atoms with Crippen LogP contribution < -0.4 is 0 Å². The van der Waals surface area contributed by atoms with Gasteiger partial charge >= 0.3 is 0 Å². The van der Waals surface area contributed by atoms with E-state index in [1.54, 1.807) is 11.3 Å². The number of hydrogen-bond donors (Lipinski definition) is 0. The third-order valence-corrected chi connectivity index (χ3v) is 4.38. The summed E-state index contributed by atoms with van der Waals surface area (Å²) in [6.45, 7) is 0. The third kappa shape index (κ3) is 1.72. The van der Waals surface area contributed by atoms with Crippen LogP contribution in [0.2, 0.25) is 0 Å². The molecule has 0 unspecified atom stereocenters. The summed E-state index contributed by atoms with van der Waals surface area (Å²) in [4.78, 5) is 4.75. The molecule has 0 aliphatic heterocycles. The SMILES string of the molecule is c1ccc2c(-c3nc4ccccc4s3)cccc2c1. The second kappa shape index (κ2) is 4.18. The van der Waals surface area contributed by atoms with Crippen molar-refractivity contribution in [1.82, 2.24) is 4.98 Å². The largest absolute Gasteiger partial charge is 0.236 e. The van der Waals surface area contributed by atoms with Crippen LogP contribution in [0.5, 0.6) is 0 Å². The van der Waals surface area contributed by atoms with E-state index in [1.165, 1.54) is 21.0 Å². The Hall–Kier alpha value is -2.19. The normalized spacial score (nSPS) is 11.2. The molecule has 1 nitrogen and oxygen atoms in total. The Morgan fingerprint density at radius 3 is 2.47 bits per heavy atom. The smallest absolute Gasteiger partial charge is 0.125 e. The zero-order valence-corrected chi connectivity index (χ0v) is 11.0. The molecule has 0 saturated heterocycles. The standard InChI is InChI=1S/C17H11NS/c1-2-8-13-12(6-1)7-5-9-14(13)17-18-15-10-3-4-11-16(15)19-17/h1-11H. The molecule has 1 aromatic heterocycles. The van der Waals surface area contributed by atoms with Crippen LogP contribution in [0.3, 0.4) is 0 Å². The second-order valence-corrected chi connectivity index (χ2v) is 5.54. The lowest BCUT2D eigenvalue weighted by atomic mass is 10.1. The molecule has 0 spiro atoms. The number of benzene rings is 3. The molecular formula is C17H11NS. The van der Waals surface area contributed by atoms with Crippen LogP contribution in [0.4, 0.5) is 0 Å². The average molecular weight is 261 g/mol. The van der Waals surface area contributed by atoms with E-state index in [9.17, 15) is 0 Å². The van der Waals surface area contributed by atoms with E-state index < -0.39 is 0 Å². The summed E-state index contributed by atoms with van der Waals surface area (Å²) in [6, 6.07) is 23.2. The highest BCUT2D eigenvalue weighted by atomic mass is 32.1. The number of thiazole rings is 1. The number of fused-ring (bicyclic) bond motifs is 2. The lowest BCUT2D eigenvalue weighted by Gasteiger charge is -2.02. The lowest BCUT2D eigenvalue weighted by Crippen LogP contribution is -1.79. The van der Waals surface area contributed by atoms with E-state index in [2.05, 4.69) is 60.7 Å². The second-order valence-electron chi connectivity index (χ2n) is 4.51. The minimum absolute atomic E-state index is 1.08. The van der Waals surface area contributed by atoms with Crippen molar-refractivity contribution >= 4 is 32.3 Å². The maximum atomic E-state index is 4.75. The topological polar surface area (TPSA) is 12.9 Å². The van der Waals surface area contributed by atoms with Crippen molar-refractivity contribution in [2.45, 2.75) is 0 Å². The molecule has 0 bridgehead atoms. The zero-order chi connectivity index (χ0) is 12.7. The van der Waals surface area contributed by atoms with E-state index >= 15 is 0 Å². The fraction of sp³-hybridized carbons (Fsp3) is 0. The molecule has 0 saturated carbocycles. The molecule has 0 atom stereocenters. The Labute approximate surface area is 115 Å². The summed E-state index contributed by atoms with van der Waals surface area (Å²) in [6.07, 6.45) is 0. The Morgan fingerprint density at radius 1 is 0.737 bits per heavy atom. The summed E-state index contributed by atoms with van der Waals surface area (Å²) < 4.78 is 1.24. The van der Waals surface area contributed by atoms with Gasteiger partial charge in [0.15, 0.2) is 0 Å². The van der Waals surface area contributed by atoms with E-state index in [0.29, 0.717) is 0 Å². The zero-order valence-electron chi connectivity index (χ0n) is 10.2. The molecule has 19 heavy (non-hydrogen) atoms. The maximum Gasteiger partial charge on any atom is 0.125 e. The van der Waals surface area contributed by atoms with Crippen molar-refractivity contribution in [2.75, 3.05) is 0 Å². The van der Waals surface area contributed by atoms with Gasteiger partial charge in [0.1, 0.15) is 5.01 Å². The van der Waals surface area contributed by atoms with Gasteiger partial charge in [0, 0.05) is 5.56 Å². The van der Waals surface area contributed by atoms with Crippen molar-refractivity contribution in [1.29, 1.82) is 0 Å². The Balaban J connectivity index is 2.03. The highest BCUT2D eigenvalue weighted by Gasteiger charge is 2.08. The molecule has 0 amide bonds. The Bertz CT molecular complexity index is 838. The highest BCUT2D eigenvalue weighted by molar-refractivity contribution is 7.21. The van der Waals surface area contributed by atoms with Gasteiger partial charge in [-0.1, -0.05) is 54.6 Å². The molecule has 1 heterocycles. The van der Waals surface area contributed by atoms with Gasteiger partial charge in [0.2, 0.25) is 0 Å². The number of aromatic nitrogens is 1. The fourth-order valence-electron chi connectivity index (χ4n) is 2.40. The summed E-state index contributed by atoms with van der Waals surface area (Å²) in [5.74, 6) is 0. The van der Waals surface area contributed by atoms with Crippen LogP contribution in [0.25, 0.3) is 31.6 Å². The molecular weight excluding hydrogens is 250 g/mol. The Kier molecular flexibility index (Phi) is 2.35. The predicted molar refractivity (Wildman–Crippen MR) is 82.6 cm³/mol. The van der Waals surface area contributed by atoms with Gasteiger partial charge in [-0.25, -0.2) is 4.98 Å². The van der Waals surface area contributed by atoms with Crippen LogP contribution in [0.15, 0.2) is 66.7 Å². The quantitative estimate of drug-likeness (QED) is 0.463. The molecule has 0 aliphatic rings. The minimum Gasteiger partial charge on any atom is -0.236 e. The van der Waals surface area contributed by atoms with Crippen LogP contribution in [-0.4, -0.2) is 4.98 Å². The molecule has 0 radical (unpaired) electrons. The molecule has 0 aliphatic carbocycles.